The molecule has 3 rings (SSSR count). The van der Waals surface area contributed by atoms with Crippen LogP contribution < -0.4 is 0 Å². The molecule has 204 valence electrons. The summed E-state index contributed by atoms with van der Waals surface area (Å²) < 4.78 is 18.5. The Balaban J connectivity index is 2.36. The van der Waals surface area contributed by atoms with Gasteiger partial charge in [-0.2, -0.15) is 0 Å². The fourth-order valence-electron chi connectivity index (χ4n) is 7.44. The first-order chi connectivity index (χ1) is 16.4. The minimum absolute atomic E-state index is 0.00213. The predicted octanol–water partition coefficient (Wildman–Crippen LogP) is 2.02. The van der Waals surface area contributed by atoms with Crippen LogP contribution in [0.25, 0.3) is 0 Å². The molecular weight excluding hydrogens is 466 g/mol. The van der Waals surface area contributed by atoms with Crippen LogP contribution in [0.15, 0.2) is 12.7 Å². The maximum atomic E-state index is 14.4. The number of Topliss-reactive ketones (excluding diaryl/α,β-unsaturated/α-hetero) is 1. The van der Waals surface area contributed by atoms with Crippen molar-refractivity contribution in [2.24, 2.45) is 16.7 Å². The fraction of sp³-hybridized carbons (Fsp3) is 0.815. The summed E-state index contributed by atoms with van der Waals surface area (Å²) in [6.45, 7) is 14.2. The summed E-state index contributed by atoms with van der Waals surface area (Å²) in [5.41, 5.74) is -7.05. The molecular formula is C27H43NO8. The molecule has 0 unspecified atom stereocenters. The second-order valence-electron chi connectivity index (χ2n) is 12.4. The van der Waals surface area contributed by atoms with Crippen LogP contribution in [0.1, 0.15) is 67.2 Å². The van der Waals surface area contributed by atoms with E-state index in [0.29, 0.717) is 19.4 Å². The topological polar surface area (TPSA) is 123 Å². The highest BCUT2D eigenvalue weighted by atomic mass is 16.6. The highest BCUT2D eigenvalue weighted by molar-refractivity contribution is 5.95. The zero-order valence-corrected chi connectivity index (χ0v) is 22.9. The van der Waals surface area contributed by atoms with Gasteiger partial charge < -0.3 is 29.3 Å². The molecule has 2 saturated carbocycles. The molecule has 3 aliphatic rings. The summed E-state index contributed by atoms with van der Waals surface area (Å²) in [6.07, 6.45) is -1.53. The van der Waals surface area contributed by atoms with E-state index in [4.69, 9.17) is 14.2 Å². The Labute approximate surface area is 214 Å². The zero-order chi connectivity index (χ0) is 27.5. The maximum Gasteiger partial charge on any atom is 0.308 e. The highest BCUT2D eigenvalue weighted by Crippen LogP contribution is 2.68. The number of carbonyl (C=O) groups is 3. The molecule has 9 heteroatoms. The standard InChI is InChI=1S/C27H43NO8/c1-10-24(5)15-18(31)27(35-19(32)12-14-28(8)9)25(6)17(30)11-13-23(3,4)21(25)20(33)22(34-16(2)29)26(27,7)36-24/h10,17,20-22,30,33H,1,11-15H2,2-9H3/t17-,20-,21-,22-,24-,25-,26+,27-/m0/s1. The Kier molecular flexibility index (Phi) is 7.34. The Morgan fingerprint density at radius 2 is 1.81 bits per heavy atom. The van der Waals surface area contributed by atoms with Crippen molar-refractivity contribution in [3.8, 4) is 0 Å². The first-order valence-corrected chi connectivity index (χ1v) is 12.7. The van der Waals surface area contributed by atoms with E-state index in [2.05, 4.69) is 6.58 Å². The molecule has 3 fully saturated rings. The Morgan fingerprint density at radius 3 is 2.33 bits per heavy atom. The van der Waals surface area contributed by atoms with Gasteiger partial charge in [-0.1, -0.05) is 26.8 Å². The average Bonchev–Trinajstić information content (AvgIpc) is 2.74. The lowest BCUT2D eigenvalue weighted by Gasteiger charge is -2.71. The number of esters is 2. The minimum Gasteiger partial charge on any atom is -0.457 e. The molecule has 2 N–H and O–H groups in total. The molecule has 0 amide bonds. The smallest absolute Gasteiger partial charge is 0.308 e. The van der Waals surface area contributed by atoms with Crippen LogP contribution in [-0.2, 0) is 28.6 Å². The van der Waals surface area contributed by atoms with E-state index >= 15 is 0 Å². The third-order valence-electron chi connectivity index (χ3n) is 9.00. The SMILES string of the molecule is C=C[C@@]1(C)CC(=O)[C@]2(OC(=O)CCN(C)C)[C@@]3(C)[C@@H](O)CCC(C)(C)[C@@H]3[C@H](O)[C@H](OC(C)=O)[C@@]2(C)O1. The highest BCUT2D eigenvalue weighted by Gasteiger charge is 2.83. The van der Waals surface area contributed by atoms with Crippen molar-refractivity contribution < 1.29 is 38.8 Å². The second kappa shape index (κ2) is 9.19. The van der Waals surface area contributed by atoms with Gasteiger partial charge in [0, 0.05) is 31.2 Å². The summed E-state index contributed by atoms with van der Waals surface area (Å²) in [6, 6.07) is 0. The van der Waals surface area contributed by atoms with Crippen molar-refractivity contribution in [1.29, 1.82) is 0 Å². The Bertz CT molecular complexity index is 933. The first-order valence-electron chi connectivity index (χ1n) is 12.7. The monoisotopic (exact) mass is 509 g/mol. The van der Waals surface area contributed by atoms with E-state index in [-0.39, 0.29) is 12.8 Å². The summed E-state index contributed by atoms with van der Waals surface area (Å²) in [5, 5.41) is 23.4. The van der Waals surface area contributed by atoms with Gasteiger partial charge in [0.25, 0.3) is 0 Å². The zero-order valence-electron chi connectivity index (χ0n) is 22.9. The molecule has 2 aliphatic carbocycles. The van der Waals surface area contributed by atoms with Gasteiger partial charge in [-0.25, -0.2) is 0 Å². The maximum absolute atomic E-state index is 14.4. The van der Waals surface area contributed by atoms with Crippen molar-refractivity contribution in [3.05, 3.63) is 12.7 Å². The van der Waals surface area contributed by atoms with Crippen LogP contribution in [0.5, 0.6) is 0 Å². The first kappa shape index (κ1) is 28.8. The van der Waals surface area contributed by atoms with Gasteiger partial charge in [0.1, 0.15) is 0 Å². The van der Waals surface area contributed by atoms with Crippen molar-refractivity contribution in [3.63, 3.8) is 0 Å². The van der Waals surface area contributed by atoms with E-state index in [1.165, 1.54) is 19.9 Å². The Morgan fingerprint density at radius 1 is 1.19 bits per heavy atom. The van der Waals surface area contributed by atoms with Gasteiger partial charge in [-0.3, -0.25) is 14.4 Å². The van der Waals surface area contributed by atoms with E-state index in [1.54, 1.807) is 13.8 Å². The lowest BCUT2D eigenvalue weighted by molar-refractivity contribution is -0.371. The molecule has 36 heavy (non-hydrogen) atoms. The molecule has 8 atom stereocenters. The van der Waals surface area contributed by atoms with Gasteiger partial charge in [0.05, 0.1) is 24.2 Å². The number of rotatable bonds is 6. The lowest BCUT2D eigenvalue weighted by Crippen LogP contribution is -2.87. The molecule has 0 radical (unpaired) electrons. The van der Waals surface area contributed by atoms with Crippen molar-refractivity contribution in [2.75, 3.05) is 20.6 Å². The molecule has 0 aromatic rings. The van der Waals surface area contributed by atoms with E-state index in [9.17, 15) is 24.6 Å². The molecule has 0 aromatic carbocycles. The van der Waals surface area contributed by atoms with Crippen molar-refractivity contribution >= 4 is 17.7 Å². The summed E-state index contributed by atoms with van der Waals surface area (Å²) in [4.78, 5) is 41.9. The summed E-state index contributed by atoms with van der Waals surface area (Å²) in [7, 11) is 3.64. The molecule has 1 heterocycles. The number of fused-ring (bicyclic) bond motifs is 3. The number of hydrogen-bond acceptors (Lipinski definition) is 9. The number of aliphatic hydroxyl groups is 2. The van der Waals surface area contributed by atoms with E-state index in [0.717, 1.165) is 0 Å². The third-order valence-corrected chi connectivity index (χ3v) is 9.00. The van der Waals surface area contributed by atoms with Gasteiger partial charge in [0.15, 0.2) is 17.5 Å². The van der Waals surface area contributed by atoms with Crippen LogP contribution in [0, 0.1) is 16.7 Å². The lowest BCUT2D eigenvalue weighted by atomic mass is 9.39. The number of ether oxygens (including phenoxy) is 3. The van der Waals surface area contributed by atoms with Gasteiger partial charge in [-0.15, -0.1) is 6.58 Å². The minimum atomic E-state index is -2.03. The van der Waals surface area contributed by atoms with Crippen LogP contribution in [0.2, 0.25) is 0 Å². The number of aliphatic hydroxyl groups excluding tert-OH is 2. The average molecular weight is 510 g/mol. The molecule has 0 aromatic heterocycles. The molecule has 1 aliphatic heterocycles. The molecule has 1 saturated heterocycles. The van der Waals surface area contributed by atoms with Crippen LogP contribution in [0.4, 0.5) is 0 Å². The summed E-state index contributed by atoms with van der Waals surface area (Å²) >= 11 is 0. The second-order valence-corrected chi connectivity index (χ2v) is 12.4. The van der Waals surface area contributed by atoms with Gasteiger partial charge in [-0.05, 0) is 46.2 Å². The van der Waals surface area contributed by atoms with Crippen LogP contribution in [-0.4, -0.2) is 88.6 Å². The van der Waals surface area contributed by atoms with Crippen LogP contribution >= 0.6 is 0 Å². The van der Waals surface area contributed by atoms with Gasteiger partial charge in [0.2, 0.25) is 5.60 Å². The third kappa shape index (κ3) is 4.03. The molecule has 9 nitrogen and oxygen atoms in total. The Hall–Kier alpha value is -1.81. The number of carbonyl (C=O) groups excluding carboxylic acids is 3. The normalized spacial score (nSPS) is 43.8. The molecule has 0 bridgehead atoms. The van der Waals surface area contributed by atoms with Crippen molar-refractivity contribution in [1.82, 2.24) is 4.90 Å². The van der Waals surface area contributed by atoms with E-state index < -0.39 is 69.6 Å². The van der Waals surface area contributed by atoms with Gasteiger partial charge >= 0.3 is 11.9 Å². The van der Waals surface area contributed by atoms with Crippen molar-refractivity contribution in [2.45, 2.75) is 102 Å². The predicted molar refractivity (Wildman–Crippen MR) is 132 cm³/mol. The number of nitrogens with zero attached hydrogens (tertiary/aromatic N) is 1. The quantitative estimate of drug-likeness (QED) is 0.409. The number of hydrogen-bond donors (Lipinski definition) is 2. The fourth-order valence-corrected chi connectivity index (χ4v) is 7.44. The number of ketones is 1. The summed E-state index contributed by atoms with van der Waals surface area (Å²) in [5.74, 6) is -2.52. The van der Waals surface area contributed by atoms with E-state index in [1.807, 2.05) is 32.8 Å². The largest absolute Gasteiger partial charge is 0.457 e. The van der Waals surface area contributed by atoms with Crippen LogP contribution in [0.3, 0.4) is 0 Å². The molecule has 0 spiro atoms.